The van der Waals surface area contributed by atoms with Crippen molar-refractivity contribution in [3.8, 4) is 0 Å². The Bertz CT molecular complexity index is 644. The molecule has 0 saturated heterocycles. The van der Waals surface area contributed by atoms with Crippen molar-refractivity contribution >= 4 is 0 Å². The molecule has 0 aromatic heterocycles. The molecule has 0 aromatic rings. The van der Waals surface area contributed by atoms with Gasteiger partial charge in [0.05, 0.1) is 0 Å². The summed E-state index contributed by atoms with van der Waals surface area (Å²) in [7, 11) is 0. The Morgan fingerprint density at radius 2 is 0.375 bits per heavy atom. The summed E-state index contributed by atoms with van der Waals surface area (Å²) in [5.41, 5.74) is 0. The SMILES string of the molecule is C1CCC2CC3CC4CCC5CC6CC7CCCCC7CC6CC5CC4CCC3CC2C1. The lowest BCUT2D eigenvalue weighted by molar-refractivity contribution is 0.00478. The Balaban J connectivity index is 1.03. The van der Waals surface area contributed by atoms with Crippen LogP contribution in [-0.4, -0.2) is 0 Å². The lowest BCUT2D eigenvalue weighted by Gasteiger charge is -2.50. The summed E-state index contributed by atoms with van der Waals surface area (Å²) < 4.78 is 0. The van der Waals surface area contributed by atoms with Crippen LogP contribution in [0.4, 0.5) is 0 Å². The number of hydrogen-bond acceptors (Lipinski definition) is 0. The van der Waals surface area contributed by atoms with Crippen LogP contribution in [0.15, 0.2) is 0 Å². The van der Waals surface area contributed by atoms with E-state index >= 15 is 0 Å². The first-order chi connectivity index (χ1) is 15.8. The van der Waals surface area contributed by atoms with Gasteiger partial charge in [0.1, 0.15) is 0 Å². The van der Waals surface area contributed by atoms with Crippen LogP contribution in [0.2, 0.25) is 0 Å². The quantitative estimate of drug-likeness (QED) is 0.355. The van der Waals surface area contributed by atoms with E-state index in [1.54, 1.807) is 128 Å². The first kappa shape index (κ1) is 21.3. The minimum atomic E-state index is 1.13. The van der Waals surface area contributed by atoms with Gasteiger partial charge in [0.15, 0.2) is 0 Å². The van der Waals surface area contributed by atoms with Crippen LogP contribution in [0, 0.1) is 71.0 Å². The number of fused-ring (bicyclic) bond motifs is 6. The van der Waals surface area contributed by atoms with Gasteiger partial charge in [-0.3, -0.25) is 0 Å². The molecule has 0 bridgehead atoms. The molecule has 0 aliphatic heterocycles. The summed E-state index contributed by atoms with van der Waals surface area (Å²) in [6, 6.07) is 0. The second-order valence-corrected chi connectivity index (χ2v) is 14.7. The van der Waals surface area contributed by atoms with Crippen molar-refractivity contribution in [1.29, 1.82) is 0 Å². The van der Waals surface area contributed by atoms with Crippen LogP contribution in [0.5, 0.6) is 0 Å². The zero-order chi connectivity index (χ0) is 21.1. The molecule has 7 saturated carbocycles. The second-order valence-electron chi connectivity index (χ2n) is 14.7. The fourth-order valence-electron chi connectivity index (χ4n) is 11.9. The molecule has 0 N–H and O–H groups in total. The fourth-order valence-corrected chi connectivity index (χ4v) is 11.9. The molecule has 0 aromatic carbocycles. The van der Waals surface area contributed by atoms with Crippen LogP contribution in [-0.2, 0) is 0 Å². The molecule has 12 unspecified atom stereocenters. The molecular formula is C32H52. The topological polar surface area (TPSA) is 0 Å². The molecule has 7 aliphatic carbocycles. The van der Waals surface area contributed by atoms with Crippen molar-refractivity contribution in [3.63, 3.8) is 0 Å². The van der Waals surface area contributed by atoms with Gasteiger partial charge in [0.2, 0.25) is 0 Å². The average molecular weight is 437 g/mol. The molecule has 7 aliphatic rings. The van der Waals surface area contributed by atoms with Crippen molar-refractivity contribution in [3.05, 3.63) is 0 Å². The third-order valence-corrected chi connectivity index (χ3v) is 13.5. The molecule has 180 valence electrons. The Labute approximate surface area is 199 Å². The Morgan fingerprint density at radius 3 is 0.719 bits per heavy atom. The fraction of sp³-hybridized carbons (Fsp3) is 1.00. The van der Waals surface area contributed by atoms with Crippen molar-refractivity contribution in [1.82, 2.24) is 0 Å². The second kappa shape index (κ2) is 8.90. The zero-order valence-electron chi connectivity index (χ0n) is 21.1. The van der Waals surface area contributed by atoms with E-state index in [2.05, 4.69) is 0 Å². The van der Waals surface area contributed by atoms with Gasteiger partial charge < -0.3 is 0 Å². The zero-order valence-corrected chi connectivity index (χ0v) is 21.1. The highest BCUT2D eigenvalue weighted by molar-refractivity contribution is 4.98. The standard InChI is InChI=1S/C32H52/c1-2-6-22-14-29-17-25-10-12-28-19-31-15-23-7-3-4-8-24(23)16-32(31)20-30(28)18-26(25)9-11-27(29)13-21(22)5-1/h21-32H,1-20H2. The summed E-state index contributed by atoms with van der Waals surface area (Å²) in [5, 5.41) is 0. The van der Waals surface area contributed by atoms with E-state index in [9.17, 15) is 0 Å². The van der Waals surface area contributed by atoms with E-state index in [4.69, 9.17) is 0 Å². The molecule has 0 radical (unpaired) electrons. The maximum atomic E-state index is 1.67. The summed E-state index contributed by atoms with van der Waals surface area (Å²) in [6.07, 6.45) is 32.4. The van der Waals surface area contributed by atoms with Gasteiger partial charge in [-0.05, 0) is 148 Å². The minimum absolute atomic E-state index is 1.13. The van der Waals surface area contributed by atoms with Crippen LogP contribution >= 0.6 is 0 Å². The summed E-state index contributed by atoms with van der Waals surface area (Å²) in [6.45, 7) is 0. The van der Waals surface area contributed by atoms with Gasteiger partial charge in [-0.2, -0.15) is 0 Å². The Hall–Kier alpha value is 0. The van der Waals surface area contributed by atoms with Crippen molar-refractivity contribution in [2.75, 3.05) is 0 Å². The molecule has 7 fully saturated rings. The molecule has 0 amide bonds. The summed E-state index contributed by atoms with van der Waals surface area (Å²) in [5.74, 6) is 13.6. The molecule has 32 heavy (non-hydrogen) atoms. The van der Waals surface area contributed by atoms with Gasteiger partial charge in [-0.1, -0.05) is 51.4 Å². The first-order valence-corrected chi connectivity index (χ1v) is 15.8. The van der Waals surface area contributed by atoms with Crippen LogP contribution in [0.1, 0.15) is 128 Å². The van der Waals surface area contributed by atoms with Crippen molar-refractivity contribution in [2.24, 2.45) is 71.0 Å². The van der Waals surface area contributed by atoms with Gasteiger partial charge in [-0.15, -0.1) is 0 Å². The van der Waals surface area contributed by atoms with E-state index in [0.717, 1.165) is 71.0 Å². The van der Waals surface area contributed by atoms with Gasteiger partial charge in [0, 0.05) is 0 Å². The maximum Gasteiger partial charge on any atom is -0.0380 e. The number of hydrogen-bond donors (Lipinski definition) is 0. The van der Waals surface area contributed by atoms with E-state index in [1.165, 1.54) is 0 Å². The Morgan fingerprint density at radius 1 is 0.188 bits per heavy atom. The van der Waals surface area contributed by atoms with Crippen LogP contribution < -0.4 is 0 Å². The highest BCUT2D eigenvalue weighted by Gasteiger charge is 2.47. The lowest BCUT2D eigenvalue weighted by atomic mass is 9.55. The normalized spacial score (nSPS) is 55.5. The summed E-state index contributed by atoms with van der Waals surface area (Å²) >= 11 is 0. The predicted molar refractivity (Wildman–Crippen MR) is 134 cm³/mol. The average Bonchev–Trinajstić information content (AvgIpc) is 3.09. The third-order valence-electron chi connectivity index (χ3n) is 13.5. The first-order valence-electron chi connectivity index (χ1n) is 15.8. The molecule has 12 atom stereocenters. The van der Waals surface area contributed by atoms with Crippen LogP contribution in [0.25, 0.3) is 0 Å². The van der Waals surface area contributed by atoms with Crippen LogP contribution in [0.3, 0.4) is 0 Å². The highest BCUT2D eigenvalue weighted by atomic mass is 14.5. The minimum Gasteiger partial charge on any atom is -0.0530 e. The van der Waals surface area contributed by atoms with E-state index in [-0.39, 0.29) is 0 Å². The van der Waals surface area contributed by atoms with E-state index < -0.39 is 0 Å². The maximum absolute atomic E-state index is 1.67. The van der Waals surface area contributed by atoms with Crippen molar-refractivity contribution in [2.45, 2.75) is 128 Å². The van der Waals surface area contributed by atoms with E-state index in [1.807, 2.05) is 0 Å². The van der Waals surface area contributed by atoms with Gasteiger partial charge in [0.25, 0.3) is 0 Å². The summed E-state index contributed by atoms with van der Waals surface area (Å²) in [4.78, 5) is 0. The molecular weight excluding hydrogens is 384 g/mol. The lowest BCUT2D eigenvalue weighted by Crippen LogP contribution is -2.40. The van der Waals surface area contributed by atoms with Crippen molar-refractivity contribution < 1.29 is 0 Å². The van der Waals surface area contributed by atoms with Gasteiger partial charge in [-0.25, -0.2) is 0 Å². The van der Waals surface area contributed by atoms with Gasteiger partial charge >= 0.3 is 0 Å². The molecule has 0 nitrogen and oxygen atoms in total. The molecule has 0 spiro atoms. The highest BCUT2D eigenvalue weighted by Crippen LogP contribution is 2.58. The number of rotatable bonds is 0. The largest absolute Gasteiger partial charge is 0.0530 e. The Kier molecular flexibility index (Phi) is 5.92. The predicted octanol–water partition coefficient (Wildman–Crippen LogP) is 9.28. The smallest absolute Gasteiger partial charge is 0.0380 e. The molecule has 0 heteroatoms. The monoisotopic (exact) mass is 436 g/mol. The van der Waals surface area contributed by atoms with E-state index in [0.29, 0.717) is 0 Å². The third kappa shape index (κ3) is 3.94. The molecule has 7 rings (SSSR count). The molecule has 0 heterocycles.